The maximum absolute atomic E-state index is 11.8. The molecule has 4 nitrogen and oxygen atoms in total. The van der Waals surface area contributed by atoms with Gasteiger partial charge < -0.3 is 5.32 Å². The summed E-state index contributed by atoms with van der Waals surface area (Å²) in [6.07, 6.45) is 2.66. The molecule has 0 bridgehead atoms. The molecular weight excluding hydrogens is 228 g/mol. The standard InChI is InChI=1S/C14H26N2O2/c1-4-11(3)13(17)10-16-8-6-12(7-9-16)14(18)15-5-2/h11-12H,4-10H2,1-3H3,(H,15,18). The molecule has 1 amide bonds. The van der Waals surface area contributed by atoms with Gasteiger partial charge in [0.05, 0.1) is 6.54 Å². The van der Waals surface area contributed by atoms with Crippen molar-refractivity contribution in [3.8, 4) is 0 Å². The van der Waals surface area contributed by atoms with Crippen molar-refractivity contribution in [2.45, 2.75) is 40.0 Å². The molecule has 0 aromatic rings. The fourth-order valence-electron chi connectivity index (χ4n) is 2.28. The maximum atomic E-state index is 11.8. The molecular formula is C14H26N2O2. The zero-order chi connectivity index (χ0) is 13.5. The van der Waals surface area contributed by atoms with Crippen molar-refractivity contribution in [1.29, 1.82) is 0 Å². The molecule has 0 aliphatic carbocycles. The van der Waals surface area contributed by atoms with Crippen LogP contribution < -0.4 is 5.32 Å². The van der Waals surface area contributed by atoms with E-state index in [0.29, 0.717) is 18.9 Å². The summed E-state index contributed by atoms with van der Waals surface area (Å²) in [7, 11) is 0. The predicted octanol–water partition coefficient (Wildman–Crippen LogP) is 1.45. The molecule has 0 radical (unpaired) electrons. The minimum atomic E-state index is 0.139. The first kappa shape index (κ1) is 15.2. The Kier molecular flexibility index (Phi) is 6.33. The van der Waals surface area contributed by atoms with Gasteiger partial charge >= 0.3 is 0 Å². The van der Waals surface area contributed by atoms with Crippen LogP contribution in [0.2, 0.25) is 0 Å². The van der Waals surface area contributed by atoms with Crippen molar-refractivity contribution in [3.63, 3.8) is 0 Å². The number of nitrogens with one attached hydrogen (secondary N) is 1. The molecule has 1 aliphatic heterocycles. The number of amides is 1. The smallest absolute Gasteiger partial charge is 0.223 e. The van der Waals surface area contributed by atoms with Crippen LogP contribution in [0.5, 0.6) is 0 Å². The van der Waals surface area contributed by atoms with Gasteiger partial charge in [-0.15, -0.1) is 0 Å². The molecule has 4 heteroatoms. The van der Waals surface area contributed by atoms with E-state index in [-0.39, 0.29) is 17.7 Å². The fourth-order valence-corrected chi connectivity index (χ4v) is 2.28. The van der Waals surface area contributed by atoms with Crippen LogP contribution in [0.4, 0.5) is 0 Å². The van der Waals surface area contributed by atoms with Gasteiger partial charge in [0.1, 0.15) is 5.78 Å². The molecule has 1 heterocycles. The molecule has 1 rings (SSSR count). The SMILES string of the molecule is CCNC(=O)C1CCN(CC(=O)C(C)CC)CC1. The Morgan fingerprint density at radius 1 is 1.28 bits per heavy atom. The summed E-state index contributed by atoms with van der Waals surface area (Å²) in [4.78, 5) is 25.7. The molecule has 1 aliphatic rings. The highest BCUT2D eigenvalue weighted by Crippen LogP contribution is 2.17. The summed E-state index contributed by atoms with van der Waals surface area (Å²) in [6, 6.07) is 0. The highest BCUT2D eigenvalue weighted by atomic mass is 16.2. The number of likely N-dealkylation sites (tertiary alicyclic amines) is 1. The Balaban J connectivity index is 2.31. The Hall–Kier alpha value is -0.900. The normalized spacial score (nSPS) is 19.5. The number of rotatable bonds is 6. The van der Waals surface area contributed by atoms with Gasteiger partial charge in [0.2, 0.25) is 5.91 Å². The Morgan fingerprint density at radius 2 is 1.89 bits per heavy atom. The highest BCUT2D eigenvalue weighted by molar-refractivity contribution is 5.82. The minimum Gasteiger partial charge on any atom is -0.356 e. The molecule has 0 saturated carbocycles. The van der Waals surface area contributed by atoms with Crippen molar-refractivity contribution in [2.24, 2.45) is 11.8 Å². The lowest BCUT2D eigenvalue weighted by atomic mass is 9.95. The topological polar surface area (TPSA) is 49.4 Å². The molecule has 0 aromatic carbocycles. The number of Topliss-reactive ketones (excluding diaryl/α,β-unsaturated/α-hetero) is 1. The summed E-state index contributed by atoms with van der Waals surface area (Å²) in [5, 5.41) is 2.87. The molecule has 1 atom stereocenters. The van der Waals surface area contributed by atoms with E-state index in [2.05, 4.69) is 10.2 Å². The van der Waals surface area contributed by atoms with Gasteiger partial charge in [-0.2, -0.15) is 0 Å². The van der Waals surface area contributed by atoms with Gasteiger partial charge in [-0.3, -0.25) is 14.5 Å². The zero-order valence-electron chi connectivity index (χ0n) is 11.9. The van der Waals surface area contributed by atoms with Crippen LogP contribution in [-0.4, -0.2) is 42.8 Å². The van der Waals surface area contributed by atoms with Crippen molar-refractivity contribution in [3.05, 3.63) is 0 Å². The number of carbonyl (C=O) groups excluding carboxylic acids is 2. The van der Waals surface area contributed by atoms with Crippen LogP contribution in [0.1, 0.15) is 40.0 Å². The molecule has 104 valence electrons. The van der Waals surface area contributed by atoms with Crippen molar-refractivity contribution in [1.82, 2.24) is 10.2 Å². The van der Waals surface area contributed by atoms with E-state index in [4.69, 9.17) is 0 Å². The summed E-state index contributed by atoms with van der Waals surface area (Å²) in [5.74, 6) is 0.797. The third kappa shape index (κ3) is 4.41. The van der Waals surface area contributed by atoms with E-state index in [1.54, 1.807) is 0 Å². The van der Waals surface area contributed by atoms with Crippen LogP contribution in [0, 0.1) is 11.8 Å². The quantitative estimate of drug-likeness (QED) is 0.780. The number of piperidine rings is 1. The summed E-state index contributed by atoms with van der Waals surface area (Å²) in [5.41, 5.74) is 0. The third-order valence-corrected chi connectivity index (χ3v) is 3.85. The molecule has 1 saturated heterocycles. The summed E-state index contributed by atoms with van der Waals surface area (Å²) in [6.45, 7) is 8.96. The molecule has 1 N–H and O–H groups in total. The number of carbonyl (C=O) groups is 2. The van der Waals surface area contributed by atoms with E-state index in [1.807, 2.05) is 20.8 Å². The molecule has 18 heavy (non-hydrogen) atoms. The Bertz CT molecular complexity index is 284. The monoisotopic (exact) mass is 254 g/mol. The molecule has 0 aromatic heterocycles. The van der Waals surface area contributed by atoms with Crippen LogP contribution in [-0.2, 0) is 9.59 Å². The first-order valence-corrected chi connectivity index (χ1v) is 7.11. The number of nitrogens with zero attached hydrogens (tertiary/aromatic N) is 1. The van der Waals surface area contributed by atoms with Gasteiger partial charge in [0.15, 0.2) is 0 Å². The number of ketones is 1. The van der Waals surface area contributed by atoms with Crippen LogP contribution in [0.15, 0.2) is 0 Å². The van der Waals surface area contributed by atoms with Crippen molar-refractivity contribution < 1.29 is 9.59 Å². The first-order chi connectivity index (χ1) is 8.58. The molecule has 1 unspecified atom stereocenters. The first-order valence-electron chi connectivity index (χ1n) is 7.11. The van der Waals surface area contributed by atoms with Gasteiger partial charge in [0, 0.05) is 18.4 Å². The van der Waals surface area contributed by atoms with E-state index in [1.165, 1.54) is 0 Å². The fraction of sp³-hybridized carbons (Fsp3) is 0.857. The Labute approximate surface area is 110 Å². The lowest BCUT2D eigenvalue weighted by molar-refractivity contribution is -0.127. The lowest BCUT2D eigenvalue weighted by Crippen LogP contribution is -2.42. The third-order valence-electron chi connectivity index (χ3n) is 3.85. The van der Waals surface area contributed by atoms with Crippen molar-refractivity contribution in [2.75, 3.05) is 26.2 Å². The number of hydrogen-bond donors (Lipinski definition) is 1. The molecule has 1 fully saturated rings. The second-order valence-corrected chi connectivity index (χ2v) is 5.22. The second kappa shape index (κ2) is 7.52. The van der Waals surface area contributed by atoms with Crippen LogP contribution in [0.25, 0.3) is 0 Å². The van der Waals surface area contributed by atoms with E-state index >= 15 is 0 Å². The minimum absolute atomic E-state index is 0.139. The van der Waals surface area contributed by atoms with Gasteiger partial charge in [-0.1, -0.05) is 13.8 Å². The van der Waals surface area contributed by atoms with Gasteiger partial charge in [0.25, 0.3) is 0 Å². The maximum Gasteiger partial charge on any atom is 0.223 e. The van der Waals surface area contributed by atoms with E-state index in [9.17, 15) is 9.59 Å². The zero-order valence-corrected chi connectivity index (χ0v) is 11.9. The van der Waals surface area contributed by atoms with E-state index in [0.717, 1.165) is 32.4 Å². The van der Waals surface area contributed by atoms with Crippen molar-refractivity contribution >= 4 is 11.7 Å². The van der Waals surface area contributed by atoms with Gasteiger partial charge in [-0.05, 0) is 39.3 Å². The average molecular weight is 254 g/mol. The van der Waals surface area contributed by atoms with Crippen LogP contribution >= 0.6 is 0 Å². The second-order valence-electron chi connectivity index (χ2n) is 5.22. The lowest BCUT2D eigenvalue weighted by Gasteiger charge is -2.31. The molecule has 0 spiro atoms. The average Bonchev–Trinajstić information content (AvgIpc) is 2.38. The largest absolute Gasteiger partial charge is 0.356 e. The number of hydrogen-bond acceptors (Lipinski definition) is 3. The predicted molar refractivity (Wildman–Crippen MR) is 72.3 cm³/mol. The summed E-state index contributed by atoms with van der Waals surface area (Å²) >= 11 is 0. The van der Waals surface area contributed by atoms with Crippen LogP contribution in [0.3, 0.4) is 0 Å². The summed E-state index contributed by atoms with van der Waals surface area (Å²) < 4.78 is 0. The Morgan fingerprint density at radius 3 is 2.39 bits per heavy atom. The highest BCUT2D eigenvalue weighted by Gasteiger charge is 2.26. The van der Waals surface area contributed by atoms with Gasteiger partial charge in [-0.25, -0.2) is 0 Å². The van der Waals surface area contributed by atoms with E-state index < -0.39 is 0 Å².